The molecule has 2 saturated heterocycles. The third-order valence-corrected chi connectivity index (χ3v) is 9.53. The van der Waals surface area contributed by atoms with Crippen molar-refractivity contribution in [1.29, 1.82) is 5.26 Å². The summed E-state index contributed by atoms with van der Waals surface area (Å²) in [6.07, 6.45) is 4.70. The van der Waals surface area contributed by atoms with Gasteiger partial charge in [-0.05, 0) is 36.5 Å². The molecule has 2 fully saturated rings. The number of thiophene rings is 1. The third-order valence-electron chi connectivity index (χ3n) is 8.54. The van der Waals surface area contributed by atoms with Gasteiger partial charge >= 0.3 is 6.01 Å². The maximum absolute atomic E-state index is 16.9. The monoisotopic (exact) mass is 575 g/mol. The van der Waals surface area contributed by atoms with Gasteiger partial charge in [0.15, 0.2) is 5.82 Å². The van der Waals surface area contributed by atoms with Crippen molar-refractivity contribution in [2.24, 2.45) is 0 Å². The summed E-state index contributed by atoms with van der Waals surface area (Å²) in [5, 5.41) is 11.5. The second-order valence-corrected chi connectivity index (χ2v) is 11.9. The second-order valence-electron chi connectivity index (χ2n) is 10.8. The highest BCUT2D eigenvalue weighted by atomic mass is 32.1. The average Bonchev–Trinajstić information content (AvgIpc) is 3.66. The fourth-order valence-corrected chi connectivity index (χ4v) is 7.75. The fraction of sp³-hybridized carbons (Fsp3) is 0.448. The molecule has 12 heteroatoms. The molecule has 7 rings (SSSR count). The van der Waals surface area contributed by atoms with Crippen LogP contribution in [0.2, 0.25) is 0 Å². The molecule has 0 radical (unpaired) electrons. The highest BCUT2D eigenvalue weighted by Gasteiger charge is 2.42. The Morgan fingerprint density at radius 3 is 2.68 bits per heavy atom. The number of anilines is 2. The molecule has 3 aliphatic rings. The molecule has 0 amide bonds. The molecule has 3 aliphatic heterocycles. The number of benzene rings is 1. The molecule has 41 heavy (non-hydrogen) atoms. The molecule has 2 N–H and O–H groups in total. The summed E-state index contributed by atoms with van der Waals surface area (Å²) in [6.45, 7) is 4.09. The van der Waals surface area contributed by atoms with Crippen LogP contribution in [0.5, 0.6) is 6.01 Å². The summed E-state index contributed by atoms with van der Waals surface area (Å²) in [7, 11) is 3.23. The van der Waals surface area contributed by atoms with Crippen LogP contribution in [0.4, 0.5) is 15.2 Å². The van der Waals surface area contributed by atoms with Crippen LogP contribution in [0.15, 0.2) is 12.3 Å². The summed E-state index contributed by atoms with van der Waals surface area (Å²) >= 11 is 1.29. The van der Waals surface area contributed by atoms with Crippen molar-refractivity contribution in [1.82, 2.24) is 19.9 Å². The van der Waals surface area contributed by atoms with Crippen molar-refractivity contribution in [2.45, 2.75) is 44.6 Å². The van der Waals surface area contributed by atoms with Gasteiger partial charge in [0.2, 0.25) is 0 Å². The molecule has 3 aromatic heterocycles. The standard InChI is InChI=1S/C29H30FN7O3S/c1-38-9-3-8-36-11-15-4-5-16(12-36)37(15)28-23-19-14-40-13-18(19)22(24(30)26(23)34-29(35-28)39-2)25-21-17(10-31)27(32)41-20(21)6-7-33-25/h6-7,15-16H,3-5,8-9,11-14,32H2,1-2H3. The van der Waals surface area contributed by atoms with E-state index in [0.29, 0.717) is 50.6 Å². The van der Waals surface area contributed by atoms with Crippen molar-refractivity contribution < 1.29 is 18.6 Å². The van der Waals surface area contributed by atoms with Crippen LogP contribution in [0, 0.1) is 17.1 Å². The summed E-state index contributed by atoms with van der Waals surface area (Å²) < 4.78 is 34.4. The van der Waals surface area contributed by atoms with Gasteiger partial charge in [-0.2, -0.15) is 15.2 Å². The predicted octanol–water partition coefficient (Wildman–Crippen LogP) is 4.23. The van der Waals surface area contributed by atoms with Crippen LogP contribution in [-0.4, -0.2) is 72.4 Å². The first kappa shape index (κ1) is 26.3. The summed E-state index contributed by atoms with van der Waals surface area (Å²) in [5.41, 5.74) is 8.88. The Labute approximate surface area is 240 Å². The van der Waals surface area contributed by atoms with E-state index in [1.807, 2.05) is 0 Å². The van der Waals surface area contributed by atoms with Crippen molar-refractivity contribution in [2.75, 3.05) is 51.1 Å². The maximum atomic E-state index is 16.9. The number of nitriles is 1. The van der Waals surface area contributed by atoms with E-state index >= 15 is 4.39 Å². The topological polar surface area (TPSA) is 123 Å². The largest absolute Gasteiger partial charge is 0.467 e. The molecule has 212 valence electrons. The SMILES string of the molecule is COCCCN1CC2CCC(C1)N2c1nc(OC)nc2c(F)c(-c3nccc4sc(N)c(C#N)c34)c3c(c12)COC3. The smallest absolute Gasteiger partial charge is 0.318 e. The molecule has 1 aromatic carbocycles. The minimum Gasteiger partial charge on any atom is -0.467 e. The van der Waals surface area contributed by atoms with Gasteiger partial charge in [-0.25, -0.2) is 4.39 Å². The zero-order valence-electron chi connectivity index (χ0n) is 22.9. The predicted molar refractivity (Wildman–Crippen MR) is 155 cm³/mol. The lowest BCUT2D eigenvalue weighted by atomic mass is 9.93. The number of halogens is 1. The van der Waals surface area contributed by atoms with E-state index in [-0.39, 0.29) is 30.2 Å². The minimum atomic E-state index is -0.523. The molecule has 10 nitrogen and oxygen atoms in total. The Morgan fingerprint density at radius 2 is 1.95 bits per heavy atom. The highest BCUT2D eigenvalue weighted by molar-refractivity contribution is 7.23. The number of hydrogen-bond donors (Lipinski definition) is 1. The van der Waals surface area contributed by atoms with Crippen LogP contribution >= 0.6 is 11.3 Å². The molecule has 6 heterocycles. The Morgan fingerprint density at radius 1 is 1.17 bits per heavy atom. The summed E-state index contributed by atoms with van der Waals surface area (Å²) in [5.74, 6) is 0.178. The number of hydrogen-bond acceptors (Lipinski definition) is 11. The van der Waals surface area contributed by atoms with E-state index in [9.17, 15) is 5.26 Å². The van der Waals surface area contributed by atoms with Gasteiger partial charge < -0.3 is 24.8 Å². The number of aromatic nitrogens is 3. The zero-order valence-corrected chi connectivity index (χ0v) is 23.8. The number of piperazine rings is 1. The summed E-state index contributed by atoms with van der Waals surface area (Å²) in [4.78, 5) is 18.8. The van der Waals surface area contributed by atoms with Crippen LogP contribution in [0.25, 0.3) is 32.2 Å². The molecule has 0 aliphatic carbocycles. The number of fused-ring (bicyclic) bond motifs is 6. The molecular weight excluding hydrogens is 545 g/mol. The molecule has 4 aromatic rings. The van der Waals surface area contributed by atoms with Gasteiger partial charge in [0.1, 0.15) is 22.4 Å². The molecule has 2 bridgehead atoms. The fourth-order valence-electron chi connectivity index (χ4n) is 6.83. The number of likely N-dealkylation sites (tertiary alicyclic amines) is 1. The van der Waals surface area contributed by atoms with E-state index < -0.39 is 5.82 Å². The van der Waals surface area contributed by atoms with Crippen LogP contribution in [0.1, 0.15) is 36.0 Å². The van der Waals surface area contributed by atoms with Gasteiger partial charge in [0.25, 0.3) is 0 Å². The third kappa shape index (κ3) is 4.10. The molecule has 2 unspecified atom stereocenters. The lowest BCUT2D eigenvalue weighted by Gasteiger charge is -2.42. The number of methoxy groups -OCH3 is 2. The normalized spacial score (nSPS) is 20.2. The number of nitrogens with zero attached hydrogens (tertiary/aromatic N) is 6. The number of nitrogens with two attached hydrogens (primary N) is 1. The quantitative estimate of drug-likeness (QED) is 0.320. The van der Waals surface area contributed by atoms with Crippen LogP contribution in [-0.2, 0) is 22.7 Å². The van der Waals surface area contributed by atoms with E-state index in [4.69, 9.17) is 24.9 Å². The Hall–Kier alpha value is -3.63. The lowest BCUT2D eigenvalue weighted by Crippen LogP contribution is -2.54. The Balaban J connectivity index is 1.42. The van der Waals surface area contributed by atoms with Crippen LogP contribution < -0.4 is 15.4 Å². The number of rotatable bonds is 7. The first-order chi connectivity index (χ1) is 20.0. The first-order valence-corrected chi connectivity index (χ1v) is 14.6. The van der Waals surface area contributed by atoms with Crippen molar-refractivity contribution in [3.05, 3.63) is 34.8 Å². The highest BCUT2D eigenvalue weighted by Crippen LogP contribution is 2.47. The van der Waals surface area contributed by atoms with Crippen molar-refractivity contribution in [3.63, 3.8) is 0 Å². The Kier molecular flexibility index (Phi) is 6.62. The number of nitrogen functional groups attached to an aromatic ring is 1. The van der Waals surface area contributed by atoms with E-state index in [0.717, 1.165) is 55.8 Å². The zero-order chi connectivity index (χ0) is 28.2. The lowest BCUT2D eigenvalue weighted by molar-refractivity contribution is 0.135. The molecule has 2 atom stereocenters. The van der Waals surface area contributed by atoms with Gasteiger partial charge in [0.05, 0.1) is 37.0 Å². The minimum absolute atomic E-state index is 0.113. The molecular formula is C29H30FN7O3S. The van der Waals surface area contributed by atoms with Gasteiger partial charge in [-0.15, -0.1) is 11.3 Å². The van der Waals surface area contributed by atoms with Gasteiger partial charge in [0, 0.05) is 67.3 Å². The average molecular weight is 576 g/mol. The van der Waals surface area contributed by atoms with Crippen LogP contribution in [0.3, 0.4) is 0 Å². The van der Waals surface area contributed by atoms with Gasteiger partial charge in [-0.1, -0.05) is 0 Å². The van der Waals surface area contributed by atoms with Gasteiger partial charge in [-0.3, -0.25) is 9.88 Å². The van der Waals surface area contributed by atoms with E-state index in [2.05, 4.69) is 25.8 Å². The molecule has 0 spiro atoms. The summed E-state index contributed by atoms with van der Waals surface area (Å²) in [6, 6.07) is 4.60. The maximum Gasteiger partial charge on any atom is 0.318 e. The second kappa shape index (κ2) is 10.3. The van der Waals surface area contributed by atoms with E-state index in [1.165, 1.54) is 18.4 Å². The number of pyridine rings is 1. The number of ether oxygens (including phenoxy) is 3. The van der Waals surface area contributed by atoms with Crippen molar-refractivity contribution >= 4 is 43.1 Å². The Bertz CT molecular complexity index is 1710. The van der Waals surface area contributed by atoms with E-state index in [1.54, 1.807) is 19.4 Å². The molecule has 0 saturated carbocycles. The first-order valence-electron chi connectivity index (χ1n) is 13.8. The van der Waals surface area contributed by atoms with Crippen molar-refractivity contribution in [3.8, 4) is 23.3 Å².